The molecule has 0 radical (unpaired) electrons. The number of furan rings is 2. The summed E-state index contributed by atoms with van der Waals surface area (Å²) in [6, 6.07) is 32.4. The van der Waals surface area contributed by atoms with Gasteiger partial charge in [0.15, 0.2) is 0 Å². The summed E-state index contributed by atoms with van der Waals surface area (Å²) in [5.74, 6) is 0. The van der Waals surface area contributed by atoms with Crippen LogP contribution in [0.4, 0.5) is 0 Å². The lowest BCUT2D eigenvalue weighted by molar-refractivity contribution is 0.426. The van der Waals surface area contributed by atoms with Crippen molar-refractivity contribution in [1.82, 2.24) is 4.57 Å². The van der Waals surface area contributed by atoms with Gasteiger partial charge in [0, 0.05) is 38.0 Å². The Labute approximate surface area is 218 Å². The lowest BCUT2D eigenvalue weighted by Gasteiger charge is -2.07. The summed E-state index contributed by atoms with van der Waals surface area (Å²) < 4.78 is 14.7. The molecule has 0 atom stereocenters. The quantitative estimate of drug-likeness (QED) is 0.246. The van der Waals surface area contributed by atoms with Gasteiger partial charge in [0.25, 0.3) is 0 Å². The lowest BCUT2D eigenvalue weighted by Crippen LogP contribution is -2.29. The first-order chi connectivity index (χ1) is 18.7. The van der Waals surface area contributed by atoms with Crippen LogP contribution >= 0.6 is 0 Å². The van der Waals surface area contributed by atoms with Crippen LogP contribution in [-0.4, -0.2) is 21.7 Å². The molecule has 2 N–H and O–H groups in total. The number of hydrogen-bond acceptors (Lipinski definition) is 4. The number of benzene rings is 5. The van der Waals surface area contributed by atoms with Gasteiger partial charge in [-0.25, -0.2) is 0 Å². The summed E-state index contributed by atoms with van der Waals surface area (Å²) in [5, 5.41) is 25.3. The molecule has 5 aromatic carbocycles. The minimum Gasteiger partial charge on any atom is -0.456 e. The minimum absolute atomic E-state index is 0.422. The van der Waals surface area contributed by atoms with Crippen LogP contribution < -0.4 is 5.46 Å². The normalized spacial score (nSPS) is 11.7. The molecule has 8 aromatic rings. The molecular formula is C32H24BNO4. The van der Waals surface area contributed by atoms with E-state index in [9.17, 15) is 10.0 Å². The van der Waals surface area contributed by atoms with E-state index in [1.54, 1.807) is 18.2 Å². The zero-order chi connectivity index (χ0) is 26.0. The number of aromatic nitrogens is 1. The summed E-state index contributed by atoms with van der Waals surface area (Å²) in [7, 11) is -1.53. The molecule has 8 rings (SSSR count). The Hall–Kier alpha value is -4.52. The molecule has 3 aromatic heterocycles. The van der Waals surface area contributed by atoms with Crippen molar-refractivity contribution in [2.45, 2.75) is 13.8 Å². The van der Waals surface area contributed by atoms with Gasteiger partial charge < -0.3 is 23.4 Å². The topological polar surface area (TPSA) is 71.7 Å². The van der Waals surface area contributed by atoms with Gasteiger partial charge in [-0.1, -0.05) is 62.4 Å². The van der Waals surface area contributed by atoms with Crippen LogP contribution in [0.1, 0.15) is 13.8 Å². The van der Waals surface area contributed by atoms with Gasteiger partial charge in [-0.2, -0.15) is 0 Å². The van der Waals surface area contributed by atoms with Crippen molar-refractivity contribution in [3.05, 3.63) is 97.1 Å². The second-order valence-electron chi connectivity index (χ2n) is 9.23. The minimum atomic E-state index is -1.53. The third kappa shape index (κ3) is 3.21. The number of para-hydroxylation sites is 2. The molecule has 3 heterocycles. The van der Waals surface area contributed by atoms with Crippen molar-refractivity contribution in [2.75, 3.05) is 0 Å². The molecule has 38 heavy (non-hydrogen) atoms. The fourth-order valence-corrected chi connectivity index (χ4v) is 5.55. The monoisotopic (exact) mass is 497 g/mol. The van der Waals surface area contributed by atoms with E-state index in [1.807, 2.05) is 32.0 Å². The van der Waals surface area contributed by atoms with Crippen LogP contribution in [-0.2, 0) is 0 Å². The third-order valence-corrected chi connectivity index (χ3v) is 7.21. The molecule has 0 fully saturated rings. The summed E-state index contributed by atoms with van der Waals surface area (Å²) in [6.45, 7) is 4.00. The van der Waals surface area contributed by atoms with Gasteiger partial charge >= 0.3 is 7.12 Å². The molecule has 5 nitrogen and oxygen atoms in total. The molecule has 0 bridgehead atoms. The third-order valence-electron chi connectivity index (χ3n) is 7.21. The van der Waals surface area contributed by atoms with E-state index in [1.165, 1.54) is 10.8 Å². The molecule has 0 saturated heterocycles. The Kier molecular flexibility index (Phi) is 5.08. The fraction of sp³-hybridized carbons (Fsp3) is 0.0625. The molecule has 0 aliphatic heterocycles. The Morgan fingerprint density at radius 2 is 1.03 bits per heavy atom. The molecule has 6 heteroatoms. The van der Waals surface area contributed by atoms with Crippen LogP contribution in [0, 0.1) is 0 Å². The highest BCUT2D eigenvalue weighted by molar-refractivity contribution is 6.59. The van der Waals surface area contributed by atoms with E-state index in [0.717, 1.165) is 55.0 Å². The summed E-state index contributed by atoms with van der Waals surface area (Å²) in [5.41, 5.74) is 6.79. The average Bonchev–Trinajstić information content (AvgIpc) is 3.61. The van der Waals surface area contributed by atoms with E-state index in [0.29, 0.717) is 11.0 Å². The summed E-state index contributed by atoms with van der Waals surface area (Å²) in [6.07, 6.45) is 0. The molecular weight excluding hydrogens is 473 g/mol. The predicted molar refractivity (Wildman–Crippen MR) is 157 cm³/mol. The maximum absolute atomic E-state index is 9.60. The highest BCUT2D eigenvalue weighted by Crippen LogP contribution is 2.38. The smallest absolute Gasteiger partial charge is 0.456 e. The number of nitrogens with zero attached hydrogens (tertiary/aromatic N) is 1. The lowest BCUT2D eigenvalue weighted by atomic mass is 9.80. The first-order valence-electron chi connectivity index (χ1n) is 12.8. The van der Waals surface area contributed by atoms with Crippen molar-refractivity contribution in [3.8, 4) is 5.69 Å². The van der Waals surface area contributed by atoms with E-state index >= 15 is 0 Å². The zero-order valence-corrected chi connectivity index (χ0v) is 21.0. The first kappa shape index (κ1) is 22.7. The van der Waals surface area contributed by atoms with E-state index in [4.69, 9.17) is 8.83 Å². The maximum atomic E-state index is 9.60. The second-order valence-corrected chi connectivity index (χ2v) is 9.23. The standard InChI is InChI=1S/C30H18BNO4.C2H6/c33-31(34)17-9-11-27-21(13-17)23-15-30-24(16-29(23)35-27)22-14-18(10-12-28(22)36-30)32-25-7-3-1-5-19(25)20-6-2-4-8-26(20)32;1-2/h1-16,33-34H;1-2H3. The van der Waals surface area contributed by atoms with Crippen LogP contribution in [0.5, 0.6) is 0 Å². The number of rotatable bonds is 2. The van der Waals surface area contributed by atoms with Gasteiger partial charge in [0.1, 0.15) is 22.3 Å². The van der Waals surface area contributed by atoms with Gasteiger partial charge in [0.2, 0.25) is 0 Å². The van der Waals surface area contributed by atoms with Crippen LogP contribution in [0.2, 0.25) is 0 Å². The van der Waals surface area contributed by atoms with Crippen molar-refractivity contribution in [3.63, 3.8) is 0 Å². The Balaban J connectivity index is 0.00000118. The summed E-state index contributed by atoms with van der Waals surface area (Å²) >= 11 is 0. The largest absolute Gasteiger partial charge is 0.488 e. The predicted octanol–water partition coefficient (Wildman–Crippen LogP) is 7.29. The second kappa shape index (κ2) is 8.52. The first-order valence-corrected chi connectivity index (χ1v) is 12.8. The van der Waals surface area contributed by atoms with Crippen molar-refractivity contribution in [1.29, 1.82) is 0 Å². The number of hydrogen-bond donors (Lipinski definition) is 2. The molecule has 0 amide bonds. The Bertz CT molecular complexity index is 2090. The van der Waals surface area contributed by atoms with Gasteiger partial charge in [-0.05, 0) is 54.0 Å². The van der Waals surface area contributed by atoms with Crippen molar-refractivity contribution >= 4 is 78.3 Å². The van der Waals surface area contributed by atoms with Crippen LogP contribution in [0.25, 0.3) is 71.4 Å². The molecule has 0 aliphatic carbocycles. The Morgan fingerprint density at radius 3 is 1.61 bits per heavy atom. The fourth-order valence-electron chi connectivity index (χ4n) is 5.55. The van der Waals surface area contributed by atoms with Crippen LogP contribution in [0.3, 0.4) is 0 Å². The van der Waals surface area contributed by atoms with Gasteiger partial charge in [-0.15, -0.1) is 0 Å². The molecule has 0 spiro atoms. The summed E-state index contributed by atoms with van der Waals surface area (Å²) in [4.78, 5) is 0. The number of fused-ring (bicyclic) bond motifs is 9. The van der Waals surface area contributed by atoms with E-state index in [-0.39, 0.29) is 0 Å². The van der Waals surface area contributed by atoms with Crippen molar-refractivity contribution in [2.24, 2.45) is 0 Å². The maximum Gasteiger partial charge on any atom is 0.488 e. The SMILES string of the molecule is CC.OB(O)c1ccc2oc3cc4c(cc3c2c1)oc1ccc(-n2c3ccccc3c3ccccc32)cc14. The zero-order valence-electron chi connectivity index (χ0n) is 21.0. The van der Waals surface area contributed by atoms with E-state index in [2.05, 4.69) is 65.2 Å². The van der Waals surface area contributed by atoms with E-state index < -0.39 is 7.12 Å². The van der Waals surface area contributed by atoms with Gasteiger partial charge in [0.05, 0.1) is 11.0 Å². The van der Waals surface area contributed by atoms with Crippen LogP contribution in [0.15, 0.2) is 106 Å². The Morgan fingerprint density at radius 1 is 0.526 bits per heavy atom. The van der Waals surface area contributed by atoms with Crippen molar-refractivity contribution < 1.29 is 18.9 Å². The highest BCUT2D eigenvalue weighted by atomic mass is 16.4. The molecule has 0 aliphatic rings. The average molecular weight is 497 g/mol. The molecule has 184 valence electrons. The highest BCUT2D eigenvalue weighted by Gasteiger charge is 2.18. The van der Waals surface area contributed by atoms with Gasteiger partial charge in [-0.3, -0.25) is 0 Å². The molecule has 0 saturated carbocycles. The molecule has 0 unspecified atom stereocenters.